The molecule has 1 saturated heterocycles. The van der Waals surface area contributed by atoms with Crippen molar-refractivity contribution in [3.05, 3.63) is 35.9 Å². The number of nitrogens with zero attached hydrogens (tertiary/aromatic N) is 1. The summed E-state index contributed by atoms with van der Waals surface area (Å²) < 4.78 is 0. The zero-order chi connectivity index (χ0) is 9.64. The lowest BCUT2D eigenvalue weighted by Gasteiger charge is -2.27. The maximum absolute atomic E-state index is 3.37. The van der Waals surface area contributed by atoms with E-state index in [-0.39, 0.29) is 0 Å². The second-order valence-corrected chi connectivity index (χ2v) is 3.83. The van der Waals surface area contributed by atoms with Crippen LogP contribution in [0.4, 0.5) is 0 Å². The van der Waals surface area contributed by atoms with Crippen molar-refractivity contribution in [2.75, 3.05) is 32.7 Å². The standard InChI is InChI=1S/C12H18N2/c1-2-4-12(5-3-1)6-9-14-10-7-13-8-11-14/h1-5,13H,6-11H2. The van der Waals surface area contributed by atoms with Gasteiger partial charge in [-0.1, -0.05) is 30.3 Å². The molecule has 1 aromatic carbocycles. The molecule has 0 aliphatic carbocycles. The molecule has 1 aliphatic heterocycles. The maximum atomic E-state index is 3.37. The Kier molecular flexibility index (Phi) is 3.55. The summed E-state index contributed by atoms with van der Waals surface area (Å²) in [5.41, 5.74) is 1.45. The first kappa shape index (κ1) is 9.69. The van der Waals surface area contributed by atoms with Crippen molar-refractivity contribution in [3.8, 4) is 0 Å². The molecule has 2 heteroatoms. The van der Waals surface area contributed by atoms with Crippen molar-refractivity contribution in [2.24, 2.45) is 0 Å². The third-order valence-corrected chi connectivity index (χ3v) is 2.77. The highest BCUT2D eigenvalue weighted by molar-refractivity contribution is 5.14. The summed E-state index contributed by atoms with van der Waals surface area (Å²) in [6, 6.07) is 10.7. The van der Waals surface area contributed by atoms with Gasteiger partial charge in [-0.3, -0.25) is 0 Å². The molecule has 2 rings (SSSR count). The Balaban J connectivity index is 1.76. The highest BCUT2D eigenvalue weighted by Crippen LogP contribution is 2.01. The lowest BCUT2D eigenvalue weighted by Crippen LogP contribution is -2.44. The van der Waals surface area contributed by atoms with Gasteiger partial charge in [0.25, 0.3) is 0 Å². The molecule has 0 saturated carbocycles. The van der Waals surface area contributed by atoms with Crippen LogP contribution in [-0.2, 0) is 6.42 Å². The largest absolute Gasteiger partial charge is 0.314 e. The molecule has 0 radical (unpaired) electrons. The van der Waals surface area contributed by atoms with Crippen molar-refractivity contribution in [1.29, 1.82) is 0 Å². The fraction of sp³-hybridized carbons (Fsp3) is 0.500. The van der Waals surface area contributed by atoms with E-state index in [1.807, 2.05) is 0 Å². The number of piperazine rings is 1. The maximum Gasteiger partial charge on any atom is 0.0108 e. The monoisotopic (exact) mass is 190 g/mol. The molecule has 0 aromatic heterocycles. The van der Waals surface area contributed by atoms with Crippen LogP contribution in [0.1, 0.15) is 5.56 Å². The molecule has 76 valence electrons. The van der Waals surface area contributed by atoms with E-state index in [1.54, 1.807) is 0 Å². The Morgan fingerprint density at radius 2 is 1.79 bits per heavy atom. The molecule has 2 nitrogen and oxygen atoms in total. The van der Waals surface area contributed by atoms with Crippen LogP contribution in [-0.4, -0.2) is 37.6 Å². The van der Waals surface area contributed by atoms with E-state index in [2.05, 4.69) is 40.5 Å². The molecule has 1 aromatic rings. The van der Waals surface area contributed by atoms with Crippen molar-refractivity contribution in [1.82, 2.24) is 10.2 Å². The van der Waals surface area contributed by atoms with Crippen LogP contribution in [0.5, 0.6) is 0 Å². The van der Waals surface area contributed by atoms with Crippen LogP contribution in [0.2, 0.25) is 0 Å². The third kappa shape index (κ3) is 2.82. The zero-order valence-corrected chi connectivity index (χ0v) is 8.58. The molecular formula is C12H18N2. The Morgan fingerprint density at radius 3 is 2.50 bits per heavy atom. The highest BCUT2D eigenvalue weighted by atomic mass is 15.2. The molecule has 0 spiro atoms. The van der Waals surface area contributed by atoms with Gasteiger partial charge >= 0.3 is 0 Å². The fourth-order valence-electron chi connectivity index (χ4n) is 1.87. The van der Waals surface area contributed by atoms with E-state index < -0.39 is 0 Å². The smallest absolute Gasteiger partial charge is 0.0108 e. The molecule has 0 bridgehead atoms. The first-order valence-corrected chi connectivity index (χ1v) is 5.42. The van der Waals surface area contributed by atoms with Crippen LogP contribution in [0, 0.1) is 0 Å². The van der Waals surface area contributed by atoms with Gasteiger partial charge in [0.2, 0.25) is 0 Å². The highest BCUT2D eigenvalue weighted by Gasteiger charge is 2.08. The molecule has 1 N–H and O–H groups in total. The van der Waals surface area contributed by atoms with Crippen LogP contribution in [0.15, 0.2) is 30.3 Å². The summed E-state index contributed by atoms with van der Waals surface area (Å²) in [6.07, 6.45) is 1.18. The predicted octanol–water partition coefficient (Wildman–Crippen LogP) is 1.13. The molecule has 1 aliphatic rings. The van der Waals surface area contributed by atoms with Crippen molar-refractivity contribution >= 4 is 0 Å². The van der Waals surface area contributed by atoms with Crippen molar-refractivity contribution < 1.29 is 0 Å². The second kappa shape index (κ2) is 5.13. The van der Waals surface area contributed by atoms with Gasteiger partial charge < -0.3 is 10.2 Å². The summed E-state index contributed by atoms with van der Waals surface area (Å²) in [5, 5.41) is 3.37. The molecular weight excluding hydrogens is 172 g/mol. The SMILES string of the molecule is c1ccc(CCN2CCNCC2)cc1. The molecule has 1 heterocycles. The number of hydrogen-bond donors (Lipinski definition) is 1. The number of rotatable bonds is 3. The predicted molar refractivity (Wildman–Crippen MR) is 59.5 cm³/mol. The summed E-state index contributed by atoms with van der Waals surface area (Å²) in [4.78, 5) is 2.53. The molecule has 1 fully saturated rings. The van der Waals surface area contributed by atoms with Gasteiger partial charge in [-0.05, 0) is 12.0 Å². The van der Waals surface area contributed by atoms with Crippen LogP contribution in [0.25, 0.3) is 0 Å². The van der Waals surface area contributed by atoms with Crippen LogP contribution >= 0.6 is 0 Å². The van der Waals surface area contributed by atoms with E-state index in [4.69, 9.17) is 0 Å². The van der Waals surface area contributed by atoms with Gasteiger partial charge in [-0.15, -0.1) is 0 Å². The summed E-state index contributed by atoms with van der Waals surface area (Å²) in [5.74, 6) is 0. The van der Waals surface area contributed by atoms with Crippen molar-refractivity contribution in [3.63, 3.8) is 0 Å². The first-order chi connectivity index (χ1) is 6.95. The minimum Gasteiger partial charge on any atom is -0.314 e. The summed E-state index contributed by atoms with van der Waals surface area (Å²) >= 11 is 0. The minimum absolute atomic E-state index is 1.15. The number of benzene rings is 1. The van der Waals surface area contributed by atoms with E-state index in [0.29, 0.717) is 0 Å². The molecule has 14 heavy (non-hydrogen) atoms. The van der Waals surface area contributed by atoms with Crippen LogP contribution < -0.4 is 5.32 Å². The van der Waals surface area contributed by atoms with E-state index >= 15 is 0 Å². The van der Waals surface area contributed by atoms with Gasteiger partial charge in [-0.25, -0.2) is 0 Å². The average Bonchev–Trinajstić information content (AvgIpc) is 2.29. The molecule has 0 amide bonds. The van der Waals surface area contributed by atoms with Gasteiger partial charge in [0, 0.05) is 32.7 Å². The lowest BCUT2D eigenvalue weighted by atomic mass is 10.1. The van der Waals surface area contributed by atoms with Gasteiger partial charge in [0.15, 0.2) is 0 Å². The third-order valence-electron chi connectivity index (χ3n) is 2.77. The van der Waals surface area contributed by atoms with Gasteiger partial charge in [0.05, 0.1) is 0 Å². The summed E-state index contributed by atoms with van der Waals surface area (Å²) in [6.45, 7) is 5.90. The van der Waals surface area contributed by atoms with Crippen LogP contribution in [0.3, 0.4) is 0 Å². The zero-order valence-electron chi connectivity index (χ0n) is 8.58. The minimum atomic E-state index is 1.15. The van der Waals surface area contributed by atoms with Crippen molar-refractivity contribution in [2.45, 2.75) is 6.42 Å². The quantitative estimate of drug-likeness (QED) is 0.769. The molecule has 0 atom stereocenters. The normalized spacial score (nSPS) is 18.3. The van der Waals surface area contributed by atoms with Gasteiger partial charge in [-0.2, -0.15) is 0 Å². The average molecular weight is 190 g/mol. The number of nitrogens with one attached hydrogen (secondary N) is 1. The van der Waals surface area contributed by atoms with E-state index in [0.717, 1.165) is 13.1 Å². The van der Waals surface area contributed by atoms with Gasteiger partial charge in [0.1, 0.15) is 0 Å². The Bertz CT molecular complexity index is 252. The Hall–Kier alpha value is -0.860. The second-order valence-electron chi connectivity index (χ2n) is 3.83. The topological polar surface area (TPSA) is 15.3 Å². The summed E-state index contributed by atoms with van der Waals surface area (Å²) in [7, 11) is 0. The Morgan fingerprint density at radius 1 is 1.07 bits per heavy atom. The van der Waals surface area contributed by atoms with E-state index in [9.17, 15) is 0 Å². The fourth-order valence-corrected chi connectivity index (χ4v) is 1.87. The Labute approximate surface area is 85.9 Å². The van der Waals surface area contributed by atoms with E-state index in [1.165, 1.54) is 31.6 Å². The number of hydrogen-bond acceptors (Lipinski definition) is 2. The first-order valence-electron chi connectivity index (χ1n) is 5.42. The lowest BCUT2D eigenvalue weighted by molar-refractivity contribution is 0.244. The molecule has 0 unspecified atom stereocenters.